The lowest BCUT2D eigenvalue weighted by atomic mass is 10.2. The molecule has 0 saturated carbocycles. The molecule has 1 fully saturated rings. The third kappa shape index (κ3) is 2.44. The van der Waals surface area contributed by atoms with Gasteiger partial charge < -0.3 is 19.9 Å². The minimum absolute atomic E-state index is 0.168. The summed E-state index contributed by atoms with van der Waals surface area (Å²) >= 11 is 0. The number of H-pyrrole nitrogens is 2. The first kappa shape index (κ1) is 13.8. The Morgan fingerprint density at radius 1 is 1.43 bits per heavy atom. The van der Waals surface area contributed by atoms with Crippen molar-refractivity contribution in [3.05, 3.63) is 45.4 Å². The van der Waals surface area contributed by atoms with Crippen molar-refractivity contribution in [3.63, 3.8) is 0 Å². The van der Waals surface area contributed by atoms with Crippen molar-refractivity contribution < 1.29 is 14.9 Å². The quantitative estimate of drug-likeness (QED) is 0.589. The van der Waals surface area contributed by atoms with Crippen LogP contribution in [-0.2, 0) is 4.74 Å². The highest BCUT2D eigenvalue weighted by Gasteiger charge is 2.35. The molecule has 0 radical (unpaired) electrons. The fraction of sp³-hybridized carbons (Fsp3) is 0.385. The van der Waals surface area contributed by atoms with Crippen molar-refractivity contribution in [2.75, 3.05) is 6.61 Å². The molecule has 112 valence electrons. The SMILES string of the molecule is O=c1[nH]c(=O)n([C@H]2C[C@@H](O)C(CO)O2)cc1-c1ccc[nH]1. The molecule has 3 atom stereocenters. The van der Waals surface area contributed by atoms with Crippen LogP contribution < -0.4 is 11.2 Å². The number of rotatable bonds is 3. The van der Waals surface area contributed by atoms with Gasteiger partial charge in [0.1, 0.15) is 12.3 Å². The molecule has 1 unspecified atom stereocenters. The van der Waals surface area contributed by atoms with E-state index in [0.717, 1.165) is 0 Å². The molecule has 3 heterocycles. The lowest BCUT2D eigenvalue weighted by molar-refractivity contribution is -0.0458. The molecular weight excluding hydrogens is 278 g/mol. The van der Waals surface area contributed by atoms with Gasteiger partial charge in [-0.1, -0.05) is 0 Å². The van der Waals surface area contributed by atoms with Crippen LogP contribution in [0.1, 0.15) is 12.6 Å². The van der Waals surface area contributed by atoms with Crippen LogP contribution in [0.3, 0.4) is 0 Å². The predicted octanol–water partition coefficient (Wildman–Crippen LogP) is -0.828. The highest BCUT2D eigenvalue weighted by molar-refractivity contribution is 5.56. The van der Waals surface area contributed by atoms with Crippen molar-refractivity contribution in [1.29, 1.82) is 0 Å². The van der Waals surface area contributed by atoms with Crippen LogP contribution in [0.5, 0.6) is 0 Å². The molecule has 2 aromatic rings. The molecule has 2 aromatic heterocycles. The summed E-state index contributed by atoms with van der Waals surface area (Å²) in [6.07, 6.45) is 0.915. The summed E-state index contributed by atoms with van der Waals surface area (Å²) in [4.78, 5) is 28.9. The zero-order chi connectivity index (χ0) is 15.0. The van der Waals surface area contributed by atoms with Gasteiger partial charge in [0.25, 0.3) is 5.56 Å². The van der Waals surface area contributed by atoms with Gasteiger partial charge in [-0.25, -0.2) is 4.79 Å². The number of hydrogen-bond acceptors (Lipinski definition) is 5. The molecule has 0 aromatic carbocycles. The second-order valence-corrected chi connectivity index (χ2v) is 4.91. The van der Waals surface area contributed by atoms with E-state index < -0.39 is 29.7 Å². The molecule has 0 aliphatic carbocycles. The lowest BCUT2D eigenvalue weighted by Gasteiger charge is -2.15. The maximum absolute atomic E-state index is 11.9. The molecule has 8 nitrogen and oxygen atoms in total. The highest BCUT2D eigenvalue weighted by Crippen LogP contribution is 2.27. The molecule has 0 amide bonds. The van der Waals surface area contributed by atoms with Crippen molar-refractivity contribution in [1.82, 2.24) is 14.5 Å². The molecule has 4 N–H and O–H groups in total. The number of nitrogens with one attached hydrogen (secondary N) is 2. The lowest BCUT2D eigenvalue weighted by Crippen LogP contribution is -2.33. The normalized spacial score (nSPS) is 25.3. The molecule has 1 aliphatic heterocycles. The zero-order valence-corrected chi connectivity index (χ0v) is 11.0. The fourth-order valence-electron chi connectivity index (χ4n) is 2.44. The minimum atomic E-state index is -0.854. The number of aromatic amines is 2. The Labute approximate surface area is 118 Å². The van der Waals surface area contributed by atoms with Crippen LogP contribution >= 0.6 is 0 Å². The van der Waals surface area contributed by atoms with Gasteiger partial charge in [0.2, 0.25) is 0 Å². The average Bonchev–Trinajstić information content (AvgIpc) is 3.08. The maximum atomic E-state index is 11.9. The number of nitrogens with zero attached hydrogens (tertiary/aromatic N) is 1. The van der Waals surface area contributed by atoms with E-state index in [-0.39, 0.29) is 13.0 Å². The number of ether oxygens (including phenoxy) is 1. The third-order valence-corrected chi connectivity index (χ3v) is 3.55. The molecule has 0 spiro atoms. The Balaban J connectivity index is 2.02. The standard InChI is InChI=1S/C13H15N3O5/c17-6-10-9(18)4-11(21-10)16-5-7(8-2-1-3-14-8)12(19)15-13(16)20/h1-3,5,9-11,14,17-18H,4,6H2,(H,15,19,20)/t9-,10?,11-/m1/s1. The Kier molecular flexibility index (Phi) is 3.50. The zero-order valence-electron chi connectivity index (χ0n) is 11.0. The van der Waals surface area contributed by atoms with Gasteiger partial charge in [-0.2, -0.15) is 0 Å². The fourth-order valence-corrected chi connectivity index (χ4v) is 2.44. The van der Waals surface area contributed by atoms with E-state index in [1.807, 2.05) is 0 Å². The Morgan fingerprint density at radius 3 is 2.86 bits per heavy atom. The van der Waals surface area contributed by atoms with E-state index in [9.17, 15) is 14.7 Å². The van der Waals surface area contributed by atoms with Gasteiger partial charge in [0, 0.05) is 18.8 Å². The Hall–Kier alpha value is -2.16. The first-order chi connectivity index (χ1) is 10.1. The van der Waals surface area contributed by atoms with Gasteiger partial charge >= 0.3 is 5.69 Å². The first-order valence-electron chi connectivity index (χ1n) is 6.53. The summed E-state index contributed by atoms with van der Waals surface area (Å²) in [7, 11) is 0. The van der Waals surface area contributed by atoms with E-state index in [4.69, 9.17) is 9.84 Å². The summed E-state index contributed by atoms with van der Waals surface area (Å²) in [6.45, 7) is -0.334. The minimum Gasteiger partial charge on any atom is -0.394 e. The van der Waals surface area contributed by atoms with Crippen LogP contribution in [0.4, 0.5) is 0 Å². The van der Waals surface area contributed by atoms with E-state index >= 15 is 0 Å². The number of aromatic nitrogens is 3. The number of hydrogen-bond donors (Lipinski definition) is 4. The van der Waals surface area contributed by atoms with Gasteiger partial charge in [0.15, 0.2) is 0 Å². The largest absolute Gasteiger partial charge is 0.394 e. The van der Waals surface area contributed by atoms with Crippen molar-refractivity contribution in [3.8, 4) is 11.3 Å². The van der Waals surface area contributed by atoms with E-state index in [1.165, 1.54) is 10.8 Å². The van der Waals surface area contributed by atoms with Gasteiger partial charge in [-0.3, -0.25) is 14.3 Å². The summed E-state index contributed by atoms with van der Waals surface area (Å²) in [6, 6.07) is 3.45. The summed E-state index contributed by atoms with van der Waals surface area (Å²) in [5.41, 5.74) is -0.255. The molecule has 0 bridgehead atoms. The predicted molar refractivity (Wildman–Crippen MR) is 72.7 cm³/mol. The summed E-state index contributed by atoms with van der Waals surface area (Å²) < 4.78 is 6.65. The van der Waals surface area contributed by atoms with Crippen molar-refractivity contribution in [2.24, 2.45) is 0 Å². The van der Waals surface area contributed by atoms with Gasteiger partial charge in [0.05, 0.1) is 24.0 Å². The molecule has 21 heavy (non-hydrogen) atoms. The van der Waals surface area contributed by atoms with E-state index in [1.54, 1.807) is 18.3 Å². The molecule has 1 saturated heterocycles. The molecule has 8 heteroatoms. The Bertz CT molecular complexity index is 733. The third-order valence-electron chi connectivity index (χ3n) is 3.55. The molecular formula is C13H15N3O5. The number of aliphatic hydroxyl groups is 2. The topological polar surface area (TPSA) is 120 Å². The molecule has 1 aliphatic rings. The second-order valence-electron chi connectivity index (χ2n) is 4.91. The van der Waals surface area contributed by atoms with Crippen LogP contribution in [0.2, 0.25) is 0 Å². The average molecular weight is 293 g/mol. The van der Waals surface area contributed by atoms with Crippen LogP contribution in [0, 0.1) is 0 Å². The monoisotopic (exact) mass is 293 g/mol. The summed E-state index contributed by atoms with van der Waals surface area (Å²) in [5, 5.41) is 18.8. The number of aliphatic hydroxyl groups excluding tert-OH is 2. The second kappa shape index (κ2) is 5.32. The van der Waals surface area contributed by atoms with E-state index in [2.05, 4.69) is 9.97 Å². The van der Waals surface area contributed by atoms with Crippen molar-refractivity contribution in [2.45, 2.75) is 24.9 Å². The van der Waals surface area contributed by atoms with Gasteiger partial charge in [-0.05, 0) is 12.1 Å². The van der Waals surface area contributed by atoms with Crippen molar-refractivity contribution >= 4 is 0 Å². The summed E-state index contributed by atoms with van der Waals surface area (Å²) in [5.74, 6) is 0. The highest BCUT2D eigenvalue weighted by atomic mass is 16.5. The first-order valence-corrected chi connectivity index (χ1v) is 6.53. The van der Waals surface area contributed by atoms with Crippen LogP contribution in [0.15, 0.2) is 34.1 Å². The smallest absolute Gasteiger partial charge is 0.330 e. The van der Waals surface area contributed by atoms with Crippen LogP contribution in [-0.4, -0.2) is 43.6 Å². The maximum Gasteiger partial charge on any atom is 0.330 e. The van der Waals surface area contributed by atoms with Crippen LogP contribution in [0.25, 0.3) is 11.3 Å². The van der Waals surface area contributed by atoms with E-state index in [0.29, 0.717) is 11.3 Å². The Morgan fingerprint density at radius 2 is 2.24 bits per heavy atom. The van der Waals surface area contributed by atoms with Gasteiger partial charge in [-0.15, -0.1) is 0 Å². The molecule has 3 rings (SSSR count).